The standard InChI is InChI=1S/C16H18N4O3/c21-9-5-4-8-12-17-13-14(18-12)20(16(23)19-15(13)22)10-11-6-2-1-3-7-11/h1-3,6-7,21H,4-5,8-10H2,(H,17,18)(H,19,22,23). The smallest absolute Gasteiger partial charge is 0.330 e. The van der Waals surface area contributed by atoms with Gasteiger partial charge in [-0.3, -0.25) is 14.3 Å². The minimum absolute atomic E-state index is 0.125. The third kappa shape index (κ3) is 3.24. The molecule has 0 saturated carbocycles. The highest BCUT2D eigenvalue weighted by molar-refractivity contribution is 5.69. The molecule has 0 aliphatic heterocycles. The summed E-state index contributed by atoms with van der Waals surface area (Å²) in [6, 6.07) is 9.53. The molecule has 0 aliphatic rings. The lowest BCUT2D eigenvalue weighted by Crippen LogP contribution is -2.30. The van der Waals surface area contributed by atoms with Crippen molar-refractivity contribution in [3.05, 3.63) is 62.6 Å². The summed E-state index contributed by atoms with van der Waals surface area (Å²) in [6.45, 7) is 0.466. The van der Waals surface area contributed by atoms with Crippen LogP contribution in [0.5, 0.6) is 0 Å². The van der Waals surface area contributed by atoms with Crippen molar-refractivity contribution in [2.45, 2.75) is 25.8 Å². The molecule has 1 aromatic carbocycles. The number of aliphatic hydroxyl groups is 1. The van der Waals surface area contributed by atoms with Gasteiger partial charge in [-0.05, 0) is 18.4 Å². The first-order valence-electron chi connectivity index (χ1n) is 7.55. The monoisotopic (exact) mass is 314 g/mol. The highest BCUT2D eigenvalue weighted by atomic mass is 16.3. The van der Waals surface area contributed by atoms with Crippen LogP contribution in [0.4, 0.5) is 0 Å². The number of benzene rings is 1. The molecule has 0 radical (unpaired) electrons. The fraction of sp³-hybridized carbons (Fsp3) is 0.312. The first kappa shape index (κ1) is 15.2. The van der Waals surface area contributed by atoms with Crippen LogP contribution in [-0.4, -0.2) is 31.2 Å². The Morgan fingerprint density at radius 1 is 1.09 bits per heavy atom. The van der Waals surface area contributed by atoms with E-state index in [1.54, 1.807) is 0 Å². The van der Waals surface area contributed by atoms with Gasteiger partial charge >= 0.3 is 5.69 Å². The van der Waals surface area contributed by atoms with Crippen LogP contribution in [0.15, 0.2) is 39.9 Å². The van der Waals surface area contributed by atoms with E-state index in [0.29, 0.717) is 36.4 Å². The highest BCUT2D eigenvalue weighted by Crippen LogP contribution is 2.10. The number of H-pyrrole nitrogens is 2. The number of aromatic nitrogens is 4. The van der Waals surface area contributed by atoms with Gasteiger partial charge in [0, 0.05) is 13.0 Å². The Balaban J connectivity index is 2.02. The van der Waals surface area contributed by atoms with Crippen molar-refractivity contribution in [1.82, 2.24) is 19.5 Å². The molecule has 7 nitrogen and oxygen atoms in total. The molecule has 0 amide bonds. The van der Waals surface area contributed by atoms with Gasteiger partial charge in [-0.2, -0.15) is 0 Å². The minimum atomic E-state index is -0.472. The van der Waals surface area contributed by atoms with Crippen LogP contribution in [0.25, 0.3) is 11.2 Å². The largest absolute Gasteiger partial charge is 0.396 e. The minimum Gasteiger partial charge on any atom is -0.396 e. The quantitative estimate of drug-likeness (QED) is 0.585. The molecular formula is C16H18N4O3. The number of aliphatic hydroxyl groups excluding tert-OH is 1. The van der Waals surface area contributed by atoms with Gasteiger partial charge < -0.3 is 10.1 Å². The van der Waals surface area contributed by atoms with Gasteiger partial charge in [0.15, 0.2) is 5.65 Å². The molecule has 3 N–H and O–H groups in total. The van der Waals surface area contributed by atoms with Gasteiger partial charge in [0.1, 0.15) is 11.3 Å². The molecule has 0 saturated heterocycles. The van der Waals surface area contributed by atoms with Crippen molar-refractivity contribution in [2.75, 3.05) is 6.61 Å². The van der Waals surface area contributed by atoms with E-state index in [1.165, 1.54) is 4.57 Å². The molecule has 2 heterocycles. The third-order valence-corrected chi connectivity index (χ3v) is 3.69. The van der Waals surface area contributed by atoms with Gasteiger partial charge in [0.05, 0.1) is 6.54 Å². The van der Waals surface area contributed by atoms with E-state index in [4.69, 9.17) is 5.11 Å². The second kappa shape index (κ2) is 6.62. The zero-order valence-electron chi connectivity index (χ0n) is 12.6. The second-order valence-corrected chi connectivity index (χ2v) is 5.39. The number of hydrogen-bond acceptors (Lipinski definition) is 4. The van der Waals surface area contributed by atoms with Crippen LogP contribution in [-0.2, 0) is 13.0 Å². The fourth-order valence-electron chi connectivity index (χ4n) is 2.52. The maximum absolute atomic E-state index is 12.1. The Kier molecular flexibility index (Phi) is 4.38. The van der Waals surface area contributed by atoms with E-state index < -0.39 is 11.2 Å². The van der Waals surface area contributed by atoms with E-state index in [2.05, 4.69) is 15.0 Å². The summed E-state index contributed by atoms with van der Waals surface area (Å²) < 4.78 is 1.46. The molecule has 0 unspecified atom stereocenters. The molecule has 0 atom stereocenters. The molecule has 3 aromatic rings. The van der Waals surface area contributed by atoms with Crippen molar-refractivity contribution < 1.29 is 5.11 Å². The summed E-state index contributed by atoms with van der Waals surface area (Å²) in [5.41, 5.74) is 0.684. The van der Waals surface area contributed by atoms with E-state index in [-0.39, 0.29) is 6.61 Å². The lowest BCUT2D eigenvalue weighted by molar-refractivity contribution is 0.284. The highest BCUT2D eigenvalue weighted by Gasteiger charge is 2.13. The Bertz CT molecular complexity index is 908. The fourth-order valence-corrected chi connectivity index (χ4v) is 2.52. The maximum atomic E-state index is 12.1. The Morgan fingerprint density at radius 3 is 2.61 bits per heavy atom. The first-order chi connectivity index (χ1) is 11.2. The molecule has 23 heavy (non-hydrogen) atoms. The van der Waals surface area contributed by atoms with Gasteiger partial charge in [0.2, 0.25) is 0 Å². The topological polar surface area (TPSA) is 104 Å². The summed E-state index contributed by atoms with van der Waals surface area (Å²) >= 11 is 0. The summed E-state index contributed by atoms with van der Waals surface area (Å²) in [5, 5.41) is 8.84. The van der Waals surface area contributed by atoms with Gasteiger partial charge in [-0.1, -0.05) is 30.3 Å². The normalized spacial score (nSPS) is 11.2. The summed E-state index contributed by atoms with van der Waals surface area (Å²) in [5.74, 6) is 0.645. The summed E-state index contributed by atoms with van der Waals surface area (Å²) in [7, 11) is 0. The predicted octanol–water partition coefficient (Wildman–Crippen LogP) is 0.776. The number of aromatic amines is 2. The van der Waals surface area contributed by atoms with Crippen LogP contribution >= 0.6 is 0 Å². The molecule has 0 fully saturated rings. The van der Waals surface area contributed by atoms with Crippen LogP contribution in [0.1, 0.15) is 24.2 Å². The van der Waals surface area contributed by atoms with Crippen molar-refractivity contribution in [3.8, 4) is 0 Å². The number of imidazole rings is 1. The number of rotatable bonds is 6. The Morgan fingerprint density at radius 2 is 1.87 bits per heavy atom. The lowest BCUT2D eigenvalue weighted by atomic mass is 10.2. The van der Waals surface area contributed by atoms with Crippen LogP contribution in [0.2, 0.25) is 0 Å². The Labute approximate surface area is 131 Å². The second-order valence-electron chi connectivity index (χ2n) is 5.39. The van der Waals surface area contributed by atoms with Gasteiger partial charge in [-0.25, -0.2) is 9.78 Å². The number of aryl methyl sites for hydroxylation is 1. The number of unbranched alkanes of at least 4 members (excludes halogenated alkanes) is 1. The number of hydrogen-bond donors (Lipinski definition) is 3. The van der Waals surface area contributed by atoms with Crippen molar-refractivity contribution in [3.63, 3.8) is 0 Å². The van der Waals surface area contributed by atoms with E-state index in [0.717, 1.165) is 12.0 Å². The molecule has 2 aromatic heterocycles. The van der Waals surface area contributed by atoms with E-state index in [9.17, 15) is 9.59 Å². The van der Waals surface area contributed by atoms with Crippen LogP contribution in [0, 0.1) is 0 Å². The van der Waals surface area contributed by atoms with Gasteiger partial charge in [0.25, 0.3) is 5.56 Å². The molecule has 0 bridgehead atoms. The molecule has 7 heteroatoms. The Hall–Kier alpha value is -2.67. The van der Waals surface area contributed by atoms with E-state index in [1.807, 2.05) is 30.3 Å². The number of nitrogens with one attached hydrogen (secondary N) is 2. The molecular weight excluding hydrogens is 296 g/mol. The van der Waals surface area contributed by atoms with Crippen LogP contribution < -0.4 is 11.2 Å². The van der Waals surface area contributed by atoms with Crippen molar-refractivity contribution in [1.29, 1.82) is 0 Å². The predicted molar refractivity (Wildman–Crippen MR) is 86.5 cm³/mol. The molecule has 3 rings (SSSR count). The molecule has 120 valence electrons. The average Bonchev–Trinajstić information content (AvgIpc) is 2.97. The summed E-state index contributed by atoms with van der Waals surface area (Å²) in [6.07, 6.45) is 2.05. The third-order valence-electron chi connectivity index (χ3n) is 3.69. The maximum Gasteiger partial charge on any atom is 0.330 e. The van der Waals surface area contributed by atoms with Crippen LogP contribution in [0.3, 0.4) is 0 Å². The zero-order valence-corrected chi connectivity index (χ0v) is 12.6. The average molecular weight is 314 g/mol. The zero-order chi connectivity index (χ0) is 16.2. The SMILES string of the molecule is O=c1[nH]c(=O)n(Cc2ccccc2)c2nc(CCCCO)[nH]c12. The number of nitrogens with zero attached hydrogens (tertiary/aromatic N) is 2. The van der Waals surface area contributed by atoms with Gasteiger partial charge in [-0.15, -0.1) is 0 Å². The first-order valence-corrected chi connectivity index (χ1v) is 7.55. The molecule has 0 aliphatic carbocycles. The van der Waals surface area contributed by atoms with E-state index >= 15 is 0 Å². The number of fused-ring (bicyclic) bond motifs is 1. The van der Waals surface area contributed by atoms with Crippen molar-refractivity contribution in [2.24, 2.45) is 0 Å². The lowest BCUT2D eigenvalue weighted by Gasteiger charge is -2.05. The van der Waals surface area contributed by atoms with Crippen molar-refractivity contribution >= 4 is 11.2 Å². The molecule has 0 spiro atoms. The summed E-state index contributed by atoms with van der Waals surface area (Å²) in [4.78, 5) is 33.8.